The maximum Gasteiger partial charge on any atom is 0.237 e. The Balaban J connectivity index is 1.57. The number of ether oxygens (including phenoxy) is 1. The number of nitrogens with one attached hydrogen (secondary N) is 1. The number of benzene rings is 1. The van der Waals surface area contributed by atoms with Crippen LogP contribution in [-0.2, 0) is 11.3 Å². The third-order valence-electron chi connectivity index (χ3n) is 3.93. The molecule has 0 bridgehead atoms. The van der Waals surface area contributed by atoms with Crippen LogP contribution >= 0.6 is 0 Å². The monoisotopic (exact) mass is 361 g/mol. The van der Waals surface area contributed by atoms with Crippen LogP contribution in [0, 0.1) is 18.3 Å². The van der Waals surface area contributed by atoms with Crippen molar-refractivity contribution >= 4 is 11.6 Å². The van der Waals surface area contributed by atoms with Gasteiger partial charge in [-0.2, -0.15) is 10.4 Å². The predicted octanol–water partition coefficient (Wildman–Crippen LogP) is 3.67. The zero-order chi connectivity index (χ0) is 19.1. The summed E-state index contributed by atoms with van der Waals surface area (Å²) in [7, 11) is 0. The van der Waals surface area contributed by atoms with E-state index in [4.69, 9.17) is 10.00 Å². The fourth-order valence-electron chi connectivity index (χ4n) is 2.56. The summed E-state index contributed by atoms with van der Waals surface area (Å²) in [6.07, 6.45) is 6.29. The Labute approximate surface area is 157 Å². The van der Waals surface area contributed by atoms with Gasteiger partial charge in [0.15, 0.2) is 0 Å². The van der Waals surface area contributed by atoms with Gasteiger partial charge < -0.3 is 10.1 Å². The quantitative estimate of drug-likeness (QED) is 0.693. The molecule has 1 amide bonds. The maximum atomic E-state index is 12.1. The molecule has 7 heteroatoms. The van der Waals surface area contributed by atoms with Crippen molar-refractivity contribution in [3.05, 3.63) is 66.1 Å². The summed E-state index contributed by atoms with van der Waals surface area (Å²) in [5.74, 6) is 0.768. The van der Waals surface area contributed by atoms with Crippen LogP contribution in [0.1, 0.15) is 24.0 Å². The molecule has 0 unspecified atom stereocenters. The number of carbonyl (C=O) groups is 1. The van der Waals surface area contributed by atoms with Crippen LogP contribution in [0.25, 0.3) is 0 Å². The lowest BCUT2D eigenvalue weighted by molar-refractivity contribution is -0.116. The van der Waals surface area contributed by atoms with Crippen LogP contribution in [0.2, 0.25) is 0 Å². The number of amides is 1. The molecule has 0 radical (unpaired) electrons. The number of nitrogens with zero attached hydrogens (tertiary/aromatic N) is 4. The zero-order valence-electron chi connectivity index (χ0n) is 14.9. The van der Waals surface area contributed by atoms with Crippen molar-refractivity contribution in [1.82, 2.24) is 14.8 Å². The van der Waals surface area contributed by atoms with Crippen LogP contribution in [-0.4, -0.2) is 20.7 Å². The highest BCUT2D eigenvalue weighted by Crippen LogP contribution is 2.26. The van der Waals surface area contributed by atoms with E-state index in [-0.39, 0.29) is 11.8 Å². The molecule has 0 saturated heterocycles. The Kier molecular flexibility index (Phi) is 5.80. The van der Waals surface area contributed by atoms with E-state index < -0.39 is 0 Å². The molecule has 136 valence electrons. The Morgan fingerprint density at radius 2 is 2.19 bits per heavy atom. The summed E-state index contributed by atoms with van der Waals surface area (Å²) in [5, 5.41) is 16.1. The van der Waals surface area contributed by atoms with Crippen molar-refractivity contribution in [3.63, 3.8) is 0 Å². The average Bonchev–Trinajstić information content (AvgIpc) is 3.18. The molecule has 1 N–H and O–H groups in total. The summed E-state index contributed by atoms with van der Waals surface area (Å²) >= 11 is 0. The van der Waals surface area contributed by atoms with Crippen molar-refractivity contribution in [2.45, 2.75) is 26.3 Å². The van der Waals surface area contributed by atoms with E-state index in [0.29, 0.717) is 30.7 Å². The largest absolute Gasteiger partial charge is 0.438 e. The van der Waals surface area contributed by atoms with E-state index in [2.05, 4.69) is 15.4 Å². The predicted molar refractivity (Wildman–Crippen MR) is 100 cm³/mol. The molecule has 0 spiro atoms. The van der Waals surface area contributed by atoms with Crippen molar-refractivity contribution in [2.75, 3.05) is 5.32 Å². The second-order valence-corrected chi connectivity index (χ2v) is 5.97. The fraction of sp³-hybridized carbons (Fsp3) is 0.200. The third kappa shape index (κ3) is 4.92. The van der Waals surface area contributed by atoms with E-state index in [1.807, 2.05) is 25.3 Å². The van der Waals surface area contributed by atoms with Crippen molar-refractivity contribution in [3.8, 4) is 17.7 Å². The lowest BCUT2D eigenvalue weighted by Gasteiger charge is -2.11. The van der Waals surface area contributed by atoms with E-state index in [0.717, 1.165) is 11.3 Å². The van der Waals surface area contributed by atoms with Crippen molar-refractivity contribution in [2.24, 2.45) is 0 Å². The summed E-state index contributed by atoms with van der Waals surface area (Å²) in [6.45, 7) is 2.59. The normalized spacial score (nSPS) is 10.2. The molecule has 7 nitrogen and oxygen atoms in total. The van der Waals surface area contributed by atoms with Crippen LogP contribution in [0.5, 0.6) is 11.6 Å². The van der Waals surface area contributed by atoms with E-state index in [1.165, 1.54) is 0 Å². The standard InChI is InChI=1S/C20H19N5O2/c1-15-13-17(27-20-16(14-21)5-2-9-22-20)7-8-18(15)24-19(26)6-3-11-25-12-4-10-23-25/h2,4-5,7-10,12-13H,3,6,11H2,1H3,(H,24,26). The van der Waals surface area contributed by atoms with Crippen LogP contribution < -0.4 is 10.1 Å². The molecule has 0 saturated carbocycles. The minimum atomic E-state index is -0.0459. The molecule has 2 aromatic heterocycles. The summed E-state index contributed by atoms with van der Waals surface area (Å²) < 4.78 is 7.49. The first-order valence-corrected chi connectivity index (χ1v) is 8.56. The lowest BCUT2D eigenvalue weighted by atomic mass is 10.2. The van der Waals surface area contributed by atoms with Gasteiger partial charge in [0.05, 0.1) is 0 Å². The molecule has 0 aliphatic carbocycles. The number of aromatic nitrogens is 3. The summed E-state index contributed by atoms with van der Waals surface area (Å²) in [4.78, 5) is 16.2. The first-order chi connectivity index (χ1) is 13.2. The highest BCUT2D eigenvalue weighted by Gasteiger charge is 2.09. The summed E-state index contributed by atoms with van der Waals surface area (Å²) in [6, 6.07) is 12.6. The van der Waals surface area contributed by atoms with Gasteiger partial charge in [-0.3, -0.25) is 9.48 Å². The molecular weight excluding hydrogens is 342 g/mol. The molecule has 27 heavy (non-hydrogen) atoms. The number of carbonyl (C=O) groups excluding carboxylic acids is 1. The number of anilines is 1. The van der Waals surface area contributed by atoms with Crippen molar-refractivity contribution in [1.29, 1.82) is 5.26 Å². The van der Waals surface area contributed by atoms with Crippen molar-refractivity contribution < 1.29 is 9.53 Å². The molecule has 0 atom stereocenters. The smallest absolute Gasteiger partial charge is 0.237 e. The molecule has 2 heterocycles. The van der Waals surface area contributed by atoms with Gasteiger partial charge >= 0.3 is 0 Å². The van der Waals surface area contributed by atoms with E-state index >= 15 is 0 Å². The first kappa shape index (κ1) is 18.1. The van der Waals surface area contributed by atoms with Gasteiger partial charge in [-0.25, -0.2) is 4.98 Å². The first-order valence-electron chi connectivity index (χ1n) is 8.56. The lowest BCUT2D eigenvalue weighted by Crippen LogP contribution is -2.13. The van der Waals surface area contributed by atoms with E-state index in [9.17, 15) is 4.79 Å². The van der Waals surface area contributed by atoms with Gasteiger partial charge in [-0.15, -0.1) is 0 Å². The fourth-order valence-corrected chi connectivity index (χ4v) is 2.56. The van der Waals surface area contributed by atoms with Gasteiger partial charge in [0.25, 0.3) is 0 Å². The number of rotatable bonds is 7. The number of hydrogen-bond acceptors (Lipinski definition) is 5. The number of aryl methyl sites for hydroxylation is 2. The highest BCUT2D eigenvalue weighted by atomic mass is 16.5. The minimum Gasteiger partial charge on any atom is -0.438 e. The maximum absolute atomic E-state index is 12.1. The molecular formula is C20H19N5O2. The number of pyridine rings is 1. The molecule has 3 aromatic rings. The minimum absolute atomic E-state index is 0.0459. The van der Waals surface area contributed by atoms with Gasteiger partial charge in [0.1, 0.15) is 17.4 Å². The third-order valence-corrected chi connectivity index (χ3v) is 3.93. The Morgan fingerprint density at radius 3 is 2.93 bits per heavy atom. The van der Waals surface area contributed by atoms with Gasteiger partial charge in [0.2, 0.25) is 11.8 Å². The molecule has 0 fully saturated rings. The Hall–Kier alpha value is -3.66. The van der Waals surface area contributed by atoms with Crippen LogP contribution in [0.3, 0.4) is 0 Å². The zero-order valence-corrected chi connectivity index (χ0v) is 14.9. The molecule has 3 rings (SSSR count). The van der Waals surface area contributed by atoms with Gasteiger partial charge in [-0.1, -0.05) is 0 Å². The van der Waals surface area contributed by atoms with Gasteiger partial charge in [0, 0.05) is 37.2 Å². The summed E-state index contributed by atoms with van der Waals surface area (Å²) in [5.41, 5.74) is 1.96. The molecule has 0 aliphatic rings. The number of nitriles is 1. The molecule has 0 aliphatic heterocycles. The Morgan fingerprint density at radius 1 is 1.30 bits per heavy atom. The number of hydrogen-bond donors (Lipinski definition) is 1. The highest BCUT2D eigenvalue weighted by molar-refractivity contribution is 5.91. The second kappa shape index (κ2) is 8.63. The van der Waals surface area contributed by atoms with Crippen LogP contribution in [0.4, 0.5) is 5.69 Å². The Bertz CT molecular complexity index is 961. The second-order valence-electron chi connectivity index (χ2n) is 5.97. The van der Waals surface area contributed by atoms with E-state index in [1.54, 1.807) is 47.4 Å². The average molecular weight is 361 g/mol. The molecule has 1 aromatic carbocycles. The SMILES string of the molecule is Cc1cc(Oc2ncccc2C#N)ccc1NC(=O)CCCn1cccn1. The van der Waals surface area contributed by atoms with Crippen LogP contribution in [0.15, 0.2) is 55.0 Å². The van der Waals surface area contributed by atoms with Gasteiger partial charge in [-0.05, 0) is 55.3 Å². The topological polar surface area (TPSA) is 92.8 Å².